The van der Waals surface area contributed by atoms with Gasteiger partial charge in [0.15, 0.2) is 0 Å². The van der Waals surface area contributed by atoms with Gasteiger partial charge in [0.2, 0.25) is 0 Å². The molecule has 0 saturated carbocycles. The van der Waals surface area contributed by atoms with E-state index in [1.807, 2.05) is 43.3 Å². The molecule has 0 atom stereocenters. The molecule has 0 radical (unpaired) electrons. The van der Waals surface area contributed by atoms with Crippen LogP contribution in [-0.2, 0) is 9.59 Å². The predicted octanol–water partition coefficient (Wildman–Crippen LogP) is 4.68. The molecule has 1 N–H and O–H groups in total. The molecule has 1 saturated heterocycles. The van der Waals surface area contributed by atoms with Gasteiger partial charge in [0.05, 0.1) is 12.2 Å². The molecule has 6 nitrogen and oxygen atoms in total. The maximum absolute atomic E-state index is 13.0. The number of nitrogens with one attached hydrogen (secondary N) is 1. The summed E-state index contributed by atoms with van der Waals surface area (Å²) in [7, 11) is 0. The number of amides is 2. The molecule has 6 heteroatoms. The summed E-state index contributed by atoms with van der Waals surface area (Å²) in [6.07, 6.45) is 4.67. The molecule has 1 fully saturated rings. The Hall–Kier alpha value is -3.28. The number of hydrogen-bond donors (Lipinski definition) is 1. The number of ether oxygens (including phenoxy) is 1. The van der Waals surface area contributed by atoms with Crippen LogP contribution >= 0.6 is 0 Å². The highest BCUT2D eigenvalue weighted by atomic mass is 16.5. The number of nitrogens with zero attached hydrogens (tertiary/aromatic N) is 2. The van der Waals surface area contributed by atoms with Gasteiger partial charge in [0.1, 0.15) is 11.4 Å². The molecule has 2 aromatic carbocycles. The van der Waals surface area contributed by atoms with Gasteiger partial charge in [-0.05, 0) is 74.6 Å². The predicted molar refractivity (Wildman–Crippen MR) is 128 cm³/mol. The van der Waals surface area contributed by atoms with Crippen molar-refractivity contribution in [2.45, 2.75) is 39.5 Å². The van der Waals surface area contributed by atoms with Gasteiger partial charge in [-0.3, -0.25) is 14.5 Å². The van der Waals surface area contributed by atoms with Crippen molar-refractivity contribution in [3.63, 3.8) is 0 Å². The van der Waals surface area contributed by atoms with Gasteiger partial charge in [-0.15, -0.1) is 0 Å². The maximum atomic E-state index is 13.0. The summed E-state index contributed by atoms with van der Waals surface area (Å²) >= 11 is 0. The van der Waals surface area contributed by atoms with E-state index in [0.29, 0.717) is 30.0 Å². The normalized spacial score (nSPS) is 16.7. The van der Waals surface area contributed by atoms with E-state index in [1.54, 1.807) is 0 Å². The van der Waals surface area contributed by atoms with Crippen LogP contribution in [0.4, 0.5) is 11.4 Å². The Kier molecular flexibility index (Phi) is 6.78. The van der Waals surface area contributed by atoms with Crippen LogP contribution in [0.25, 0.3) is 5.57 Å². The van der Waals surface area contributed by atoms with E-state index in [-0.39, 0.29) is 11.8 Å². The molecule has 2 aliphatic heterocycles. The van der Waals surface area contributed by atoms with Crippen LogP contribution in [0.15, 0.2) is 54.2 Å². The topological polar surface area (TPSA) is 61.9 Å². The molecule has 4 rings (SSSR count). The number of imide groups is 1. The molecule has 168 valence electrons. The van der Waals surface area contributed by atoms with E-state index in [2.05, 4.69) is 29.3 Å². The van der Waals surface area contributed by atoms with Gasteiger partial charge >= 0.3 is 0 Å². The summed E-state index contributed by atoms with van der Waals surface area (Å²) in [5, 5.41) is 3.23. The number of likely N-dealkylation sites (N-methyl/N-ethyl adjacent to an activating group) is 1. The molecule has 2 amide bonds. The largest absolute Gasteiger partial charge is 0.494 e. The van der Waals surface area contributed by atoms with Crippen LogP contribution in [-0.4, -0.2) is 43.0 Å². The van der Waals surface area contributed by atoms with Crippen LogP contribution in [0.1, 0.15) is 45.1 Å². The highest BCUT2D eigenvalue weighted by molar-refractivity contribution is 6.36. The fourth-order valence-corrected chi connectivity index (χ4v) is 4.24. The van der Waals surface area contributed by atoms with E-state index in [4.69, 9.17) is 4.74 Å². The second kappa shape index (κ2) is 9.90. The number of anilines is 2. The van der Waals surface area contributed by atoms with Crippen LogP contribution in [0, 0.1) is 0 Å². The summed E-state index contributed by atoms with van der Waals surface area (Å²) < 4.78 is 5.65. The zero-order chi connectivity index (χ0) is 22.5. The second-order valence-electron chi connectivity index (χ2n) is 8.20. The maximum Gasteiger partial charge on any atom is 0.278 e. The zero-order valence-electron chi connectivity index (χ0n) is 18.9. The van der Waals surface area contributed by atoms with E-state index < -0.39 is 0 Å². The Bertz CT molecular complexity index is 990. The number of rotatable bonds is 8. The van der Waals surface area contributed by atoms with E-state index in [9.17, 15) is 9.59 Å². The summed E-state index contributed by atoms with van der Waals surface area (Å²) in [6.45, 7) is 7.00. The molecule has 0 spiro atoms. The SMILES string of the molecule is CCCOc1ccc(C2=C(Nc3ccc(N4CCCCC4)cc3)C(=O)N(CC)C2=O)cc1. The minimum atomic E-state index is -0.293. The van der Waals surface area contributed by atoms with Crippen molar-refractivity contribution in [2.24, 2.45) is 0 Å². The fraction of sp³-hybridized carbons (Fsp3) is 0.385. The highest BCUT2D eigenvalue weighted by Gasteiger charge is 2.38. The number of hydrogen-bond acceptors (Lipinski definition) is 5. The molecule has 2 aliphatic rings. The van der Waals surface area contributed by atoms with Crippen LogP contribution < -0.4 is 15.0 Å². The fourth-order valence-electron chi connectivity index (χ4n) is 4.24. The minimum absolute atomic E-state index is 0.271. The number of piperidine rings is 1. The molecule has 0 bridgehead atoms. The first-order chi connectivity index (χ1) is 15.6. The molecule has 0 aromatic heterocycles. The molecule has 32 heavy (non-hydrogen) atoms. The Morgan fingerprint density at radius 1 is 0.875 bits per heavy atom. The van der Waals surface area contributed by atoms with Crippen molar-refractivity contribution in [1.82, 2.24) is 4.90 Å². The quantitative estimate of drug-likeness (QED) is 0.613. The minimum Gasteiger partial charge on any atom is -0.494 e. The summed E-state index contributed by atoms with van der Waals surface area (Å²) in [6, 6.07) is 15.5. The molecule has 0 unspecified atom stereocenters. The Labute approximate surface area is 189 Å². The van der Waals surface area contributed by atoms with Crippen LogP contribution in [0.3, 0.4) is 0 Å². The van der Waals surface area contributed by atoms with Crippen molar-refractivity contribution in [3.8, 4) is 5.75 Å². The zero-order valence-corrected chi connectivity index (χ0v) is 18.9. The number of benzene rings is 2. The lowest BCUT2D eigenvalue weighted by Crippen LogP contribution is -2.32. The van der Waals surface area contributed by atoms with Gasteiger partial charge in [0.25, 0.3) is 11.8 Å². The summed E-state index contributed by atoms with van der Waals surface area (Å²) in [5.74, 6) is 0.189. The van der Waals surface area contributed by atoms with E-state index >= 15 is 0 Å². The van der Waals surface area contributed by atoms with Crippen molar-refractivity contribution in [3.05, 3.63) is 59.8 Å². The van der Waals surface area contributed by atoms with Gasteiger partial charge in [-0.2, -0.15) is 0 Å². The first kappa shape index (κ1) is 21.9. The standard InChI is InChI=1S/C26H31N3O3/c1-3-18-32-22-14-8-19(9-15-22)23-24(26(31)29(4-2)25(23)30)27-20-10-12-21(13-11-20)28-16-6-5-7-17-28/h8-15,27H,3-7,16-18H2,1-2H3. The highest BCUT2D eigenvalue weighted by Crippen LogP contribution is 2.32. The lowest BCUT2D eigenvalue weighted by Gasteiger charge is -2.28. The van der Waals surface area contributed by atoms with E-state index in [1.165, 1.54) is 29.8 Å². The third-order valence-electron chi connectivity index (χ3n) is 5.96. The number of carbonyl (C=O) groups is 2. The van der Waals surface area contributed by atoms with Gasteiger partial charge in [-0.1, -0.05) is 19.1 Å². The Balaban J connectivity index is 1.60. The van der Waals surface area contributed by atoms with Crippen LogP contribution in [0.2, 0.25) is 0 Å². The molecule has 0 aliphatic carbocycles. The lowest BCUT2D eigenvalue weighted by atomic mass is 10.0. The van der Waals surface area contributed by atoms with Gasteiger partial charge in [0, 0.05) is 31.0 Å². The van der Waals surface area contributed by atoms with Crippen molar-refractivity contribution in [1.29, 1.82) is 0 Å². The van der Waals surface area contributed by atoms with Crippen molar-refractivity contribution >= 4 is 28.8 Å². The van der Waals surface area contributed by atoms with Gasteiger partial charge in [-0.25, -0.2) is 0 Å². The average Bonchev–Trinajstić information content (AvgIpc) is 3.07. The van der Waals surface area contributed by atoms with E-state index in [0.717, 1.165) is 30.9 Å². The van der Waals surface area contributed by atoms with Crippen molar-refractivity contribution < 1.29 is 14.3 Å². The average molecular weight is 434 g/mol. The Morgan fingerprint density at radius 3 is 2.19 bits per heavy atom. The summed E-state index contributed by atoms with van der Waals surface area (Å²) in [5.41, 5.74) is 3.41. The molecular weight excluding hydrogens is 402 g/mol. The third kappa shape index (κ3) is 4.49. The molecular formula is C26H31N3O3. The monoisotopic (exact) mass is 433 g/mol. The second-order valence-corrected chi connectivity index (χ2v) is 8.20. The molecule has 2 aromatic rings. The summed E-state index contributed by atoms with van der Waals surface area (Å²) in [4.78, 5) is 29.7. The third-order valence-corrected chi connectivity index (χ3v) is 5.96. The van der Waals surface area contributed by atoms with Crippen LogP contribution in [0.5, 0.6) is 5.75 Å². The first-order valence-corrected chi connectivity index (χ1v) is 11.6. The number of carbonyl (C=O) groups excluding carboxylic acids is 2. The first-order valence-electron chi connectivity index (χ1n) is 11.6. The smallest absolute Gasteiger partial charge is 0.278 e. The Morgan fingerprint density at radius 2 is 1.56 bits per heavy atom. The van der Waals surface area contributed by atoms with Crippen molar-refractivity contribution in [2.75, 3.05) is 36.5 Å². The lowest BCUT2D eigenvalue weighted by molar-refractivity contribution is -0.136. The van der Waals surface area contributed by atoms with Gasteiger partial charge < -0.3 is 15.0 Å². The molecule has 2 heterocycles.